The molecule has 1 aromatic carbocycles. The number of hydrogen-bond acceptors (Lipinski definition) is 4. The summed E-state index contributed by atoms with van der Waals surface area (Å²) in [6.45, 7) is 4.90. The van der Waals surface area contributed by atoms with Crippen molar-refractivity contribution in [2.45, 2.75) is 11.8 Å². The van der Waals surface area contributed by atoms with E-state index in [1.165, 1.54) is 31.2 Å². The first-order valence-corrected chi connectivity index (χ1v) is 5.86. The van der Waals surface area contributed by atoms with Crippen LogP contribution in [0.3, 0.4) is 0 Å². The molecule has 0 amide bonds. The molecule has 0 atom stereocenters. The van der Waals surface area contributed by atoms with Gasteiger partial charge in [-0.05, 0) is 19.1 Å². The number of sulfonamides is 1. The van der Waals surface area contributed by atoms with Crippen LogP contribution in [0, 0.1) is 0 Å². The van der Waals surface area contributed by atoms with Gasteiger partial charge in [0.05, 0.1) is 4.90 Å². The Balaban J connectivity index is 3.01. The molecule has 0 heterocycles. The van der Waals surface area contributed by atoms with Gasteiger partial charge in [0, 0.05) is 11.6 Å². The Hall–Kier alpha value is -1.66. The molecule has 0 aliphatic carbocycles. The lowest BCUT2D eigenvalue weighted by molar-refractivity contribution is -0.130. The highest BCUT2D eigenvalue weighted by molar-refractivity contribution is 7.89. The smallest absolute Gasteiger partial charge is 0.338 e. The molecular formula is C10H11NO4S. The number of carbonyl (C=O) groups is 1. The highest BCUT2D eigenvalue weighted by atomic mass is 32.2. The second-order valence-corrected chi connectivity index (χ2v) is 4.75. The van der Waals surface area contributed by atoms with Crippen molar-refractivity contribution in [1.29, 1.82) is 0 Å². The molecular weight excluding hydrogens is 230 g/mol. The average Bonchev–Trinajstić information content (AvgIpc) is 2.16. The van der Waals surface area contributed by atoms with Crippen molar-refractivity contribution in [3.63, 3.8) is 0 Å². The highest BCUT2D eigenvalue weighted by Crippen LogP contribution is 2.17. The van der Waals surface area contributed by atoms with Crippen LogP contribution in [0.25, 0.3) is 0 Å². The molecule has 0 aliphatic heterocycles. The number of rotatable bonds is 3. The second kappa shape index (κ2) is 4.46. The quantitative estimate of drug-likeness (QED) is 0.482. The molecule has 0 bridgehead atoms. The summed E-state index contributed by atoms with van der Waals surface area (Å²) < 4.78 is 26.9. The zero-order valence-corrected chi connectivity index (χ0v) is 9.45. The van der Waals surface area contributed by atoms with Crippen molar-refractivity contribution in [3.8, 4) is 5.75 Å². The van der Waals surface area contributed by atoms with E-state index in [1.54, 1.807) is 0 Å². The highest BCUT2D eigenvalue weighted by Gasteiger charge is 2.10. The lowest BCUT2D eigenvalue weighted by atomic mass is 10.3. The first kappa shape index (κ1) is 12.4. The summed E-state index contributed by atoms with van der Waals surface area (Å²) in [5.74, 6) is -0.508. The molecule has 0 aromatic heterocycles. The predicted molar refractivity (Wildman–Crippen MR) is 58.3 cm³/mol. The maximum atomic E-state index is 11.2. The van der Waals surface area contributed by atoms with Gasteiger partial charge < -0.3 is 4.74 Å². The van der Waals surface area contributed by atoms with Crippen molar-refractivity contribution >= 4 is 16.0 Å². The molecule has 1 rings (SSSR count). The molecule has 0 fully saturated rings. The largest absolute Gasteiger partial charge is 0.423 e. The van der Waals surface area contributed by atoms with Crippen LogP contribution in [0.15, 0.2) is 41.3 Å². The van der Waals surface area contributed by atoms with E-state index in [0.717, 1.165) is 0 Å². The van der Waals surface area contributed by atoms with Gasteiger partial charge in [0.15, 0.2) is 0 Å². The van der Waals surface area contributed by atoms with Crippen molar-refractivity contribution in [1.82, 2.24) is 0 Å². The van der Waals surface area contributed by atoms with E-state index in [-0.39, 0.29) is 16.2 Å². The fourth-order valence-electron chi connectivity index (χ4n) is 0.909. The molecule has 16 heavy (non-hydrogen) atoms. The number of ether oxygens (including phenoxy) is 1. The van der Waals surface area contributed by atoms with E-state index in [4.69, 9.17) is 9.88 Å². The molecule has 1 aromatic rings. The van der Waals surface area contributed by atoms with Crippen LogP contribution in [-0.4, -0.2) is 14.4 Å². The SMILES string of the molecule is C=C(C)C(=O)Oc1cccc(S(N)(=O)=O)c1. The summed E-state index contributed by atoms with van der Waals surface area (Å²) in [7, 11) is -3.80. The number of carbonyl (C=O) groups excluding carboxylic acids is 1. The van der Waals surface area contributed by atoms with Gasteiger partial charge in [-0.25, -0.2) is 18.4 Å². The number of primary sulfonamides is 1. The van der Waals surface area contributed by atoms with Crippen molar-refractivity contribution in [2.24, 2.45) is 5.14 Å². The predicted octanol–water partition coefficient (Wildman–Crippen LogP) is 0.816. The number of benzene rings is 1. The molecule has 5 nitrogen and oxygen atoms in total. The van der Waals surface area contributed by atoms with Crippen molar-refractivity contribution < 1.29 is 17.9 Å². The monoisotopic (exact) mass is 241 g/mol. The maximum absolute atomic E-state index is 11.2. The van der Waals surface area contributed by atoms with Gasteiger partial charge in [-0.15, -0.1) is 0 Å². The lowest BCUT2D eigenvalue weighted by Crippen LogP contribution is -2.13. The van der Waals surface area contributed by atoms with Crippen LogP contribution >= 0.6 is 0 Å². The Morgan fingerprint density at radius 1 is 1.44 bits per heavy atom. The third kappa shape index (κ3) is 3.18. The number of esters is 1. The zero-order valence-electron chi connectivity index (χ0n) is 8.64. The Bertz CT molecular complexity index is 534. The normalized spacial score (nSPS) is 10.9. The number of hydrogen-bond donors (Lipinski definition) is 1. The summed E-state index contributed by atoms with van der Waals surface area (Å²) in [4.78, 5) is 11.1. The van der Waals surface area contributed by atoms with Gasteiger partial charge in [-0.1, -0.05) is 12.6 Å². The minimum absolute atomic E-state index is 0.111. The Morgan fingerprint density at radius 2 is 2.06 bits per heavy atom. The first-order valence-electron chi connectivity index (χ1n) is 4.31. The molecule has 0 saturated heterocycles. The van der Waals surface area contributed by atoms with Crippen LogP contribution < -0.4 is 9.88 Å². The Kier molecular flexibility index (Phi) is 3.46. The topological polar surface area (TPSA) is 86.5 Å². The first-order chi connectivity index (χ1) is 7.30. The Morgan fingerprint density at radius 3 is 2.56 bits per heavy atom. The van der Waals surface area contributed by atoms with Gasteiger partial charge in [-0.2, -0.15) is 0 Å². The van der Waals surface area contributed by atoms with Crippen LogP contribution in [0.5, 0.6) is 5.75 Å². The molecule has 6 heteroatoms. The van der Waals surface area contributed by atoms with Crippen LogP contribution in [0.1, 0.15) is 6.92 Å². The van der Waals surface area contributed by atoms with Crippen LogP contribution in [0.2, 0.25) is 0 Å². The summed E-state index contributed by atoms with van der Waals surface area (Å²) in [6.07, 6.45) is 0. The van der Waals surface area contributed by atoms with Gasteiger partial charge in [0.1, 0.15) is 5.75 Å². The van der Waals surface area contributed by atoms with Crippen molar-refractivity contribution in [3.05, 3.63) is 36.4 Å². The van der Waals surface area contributed by atoms with E-state index in [1.807, 2.05) is 0 Å². The lowest BCUT2D eigenvalue weighted by Gasteiger charge is -2.04. The van der Waals surface area contributed by atoms with Crippen molar-refractivity contribution in [2.75, 3.05) is 0 Å². The van der Waals surface area contributed by atoms with Crippen LogP contribution in [0.4, 0.5) is 0 Å². The molecule has 0 aliphatic rings. The summed E-state index contributed by atoms with van der Waals surface area (Å²) in [5, 5.41) is 4.93. The molecule has 86 valence electrons. The average molecular weight is 241 g/mol. The van der Waals surface area contributed by atoms with Gasteiger partial charge in [0.2, 0.25) is 10.0 Å². The maximum Gasteiger partial charge on any atom is 0.338 e. The van der Waals surface area contributed by atoms with E-state index in [9.17, 15) is 13.2 Å². The molecule has 0 spiro atoms. The third-order valence-corrected chi connectivity index (χ3v) is 2.60. The summed E-state index contributed by atoms with van der Waals surface area (Å²) in [5.41, 5.74) is 0.223. The van der Waals surface area contributed by atoms with E-state index in [2.05, 4.69) is 6.58 Å². The van der Waals surface area contributed by atoms with Gasteiger partial charge in [-0.3, -0.25) is 0 Å². The summed E-state index contributed by atoms with van der Waals surface area (Å²) >= 11 is 0. The number of nitrogens with two attached hydrogens (primary N) is 1. The van der Waals surface area contributed by atoms with Crippen LogP contribution in [-0.2, 0) is 14.8 Å². The van der Waals surface area contributed by atoms with Gasteiger partial charge in [0.25, 0.3) is 0 Å². The van der Waals surface area contributed by atoms with Gasteiger partial charge >= 0.3 is 5.97 Å². The molecule has 0 unspecified atom stereocenters. The molecule has 0 radical (unpaired) electrons. The minimum Gasteiger partial charge on any atom is -0.423 e. The van der Waals surface area contributed by atoms with E-state index < -0.39 is 16.0 Å². The summed E-state index contributed by atoms with van der Waals surface area (Å²) in [6, 6.07) is 5.37. The fourth-order valence-corrected chi connectivity index (χ4v) is 1.46. The van der Waals surface area contributed by atoms with E-state index in [0.29, 0.717) is 0 Å². The second-order valence-electron chi connectivity index (χ2n) is 3.19. The fraction of sp³-hybridized carbons (Fsp3) is 0.100. The molecule has 0 saturated carbocycles. The van der Waals surface area contributed by atoms with E-state index >= 15 is 0 Å². The standard InChI is InChI=1S/C10H11NO4S/c1-7(2)10(12)15-8-4-3-5-9(6-8)16(11,13)14/h3-6H,1H2,2H3,(H2,11,13,14). The Labute approximate surface area is 93.6 Å². The minimum atomic E-state index is -3.80. The third-order valence-electron chi connectivity index (χ3n) is 1.69. The molecule has 2 N–H and O–H groups in total. The zero-order chi connectivity index (χ0) is 12.3.